The first-order valence-electron chi connectivity index (χ1n) is 16.8. The van der Waals surface area contributed by atoms with Crippen LogP contribution in [0.4, 0.5) is 5.82 Å². The van der Waals surface area contributed by atoms with Gasteiger partial charge in [-0.25, -0.2) is 9.97 Å². The van der Waals surface area contributed by atoms with Gasteiger partial charge in [0, 0.05) is 24.4 Å². The summed E-state index contributed by atoms with van der Waals surface area (Å²) in [6.45, 7) is 5.34. The number of fused-ring (bicyclic) bond motifs is 1. The third-order valence-electron chi connectivity index (χ3n) is 8.48. The maximum atomic E-state index is 12.9. The van der Waals surface area contributed by atoms with E-state index in [0.717, 1.165) is 47.4 Å². The molecule has 2 aromatic heterocycles. The largest absolute Gasteiger partial charge is 0.478 e. The smallest absolute Gasteiger partial charge is 0.294 e. The number of amides is 1. The Morgan fingerprint density at radius 3 is 2.48 bits per heavy atom. The third-order valence-corrected chi connectivity index (χ3v) is 9.43. The maximum Gasteiger partial charge on any atom is 0.294 e. The Hall–Kier alpha value is -5.66. The van der Waals surface area contributed by atoms with Crippen molar-refractivity contribution in [2.75, 3.05) is 19.9 Å². The Morgan fingerprint density at radius 1 is 0.904 bits per heavy atom. The Balaban J connectivity index is 0.974. The molecule has 1 aliphatic heterocycles. The van der Waals surface area contributed by atoms with E-state index in [1.54, 1.807) is 24.3 Å². The molecular formula is C39H39N5O7S. The highest BCUT2D eigenvalue weighted by atomic mass is 32.2. The molecule has 0 aliphatic carbocycles. The standard InChI is InChI=1S/C39H39N5O7S/c1-39(2,25-41-38(45)30-15-17-36(40-23-30)44-42-24-29-12-6-7-13-35(29)52(46,47)48)18-8-9-19-49-37-22-31(20-32(43-37)27-10-4-3-5-11-27)28-14-16-33-34(21-28)51-26-50-33/h3-7,10-17,20-23H,8-9,18-19,24-26H2,1-2H3,(H,41,45)(H,46,47,48). The monoisotopic (exact) mass is 721 g/mol. The van der Waals surface area contributed by atoms with Crippen LogP contribution in [0.2, 0.25) is 0 Å². The lowest BCUT2D eigenvalue weighted by Gasteiger charge is -2.25. The highest BCUT2D eigenvalue weighted by Gasteiger charge is 2.20. The molecule has 3 heterocycles. The zero-order valence-corrected chi connectivity index (χ0v) is 29.7. The summed E-state index contributed by atoms with van der Waals surface area (Å²) >= 11 is 0. The van der Waals surface area contributed by atoms with E-state index in [-0.39, 0.29) is 35.4 Å². The van der Waals surface area contributed by atoms with Crippen LogP contribution in [0.1, 0.15) is 49.0 Å². The molecule has 268 valence electrons. The molecule has 13 heteroatoms. The van der Waals surface area contributed by atoms with Gasteiger partial charge < -0.3 is 19.5 Å². The molecule has 0 saturated heterocycles. The number of hydrogen-bond acceptors (Lipinski definition) is 10. The van der Waals surface area contributed by atoms with E-state index in [4.69, 9.17) is 19.2 Å². The number of carbonyl (C=O) groups excluding carboxylic acids is 1. The van der Waals surface area contributed by atoms with Gasteiger partial charge in [0.2, 0.25) is 12.7 Å². The quantitative estimate of drug-likeness (QED) is 0.0618. The number of carbonyl (C=O) groups is 1. The van der Waals surface area contributed by atoms with E-state index >= 15 is 0 Å². The zero-order valence-electron chi connectivity index (χ0n) is 28.9. The first-order chi connectivity index (χ1) is 25.0. The fraction of sp³-hybridized carbons (Fsp3) is 0.256. The van der Waals surface area contributed by atoms with E-state index in [2.05, 4.69) is 34.4 Å². The van der Waals surface area contributed by atoms with E-state index in [1.165, 1.54) is 18.3 Å². The van der Waals surface area contributed by atoms with Crippen LogP contribution < -0.4 is 19.5 Å². The fourth-order valence-electron chi connectivity index (χ4n) is 5.62. The van der Waals surface area contributed by atoms with Crippen molar-refractivity contribution in [3.8, 4) is 39.8 Å². The Morgan fingerprint density at radius 2 is 1.69 bits per heavy atom. The van der Waals surface area contributed by atoms with Crippen LogP contribution in [0, 0.1) is 5.41 Å². The first-order valence-corrected chi connectivity index (χ1v) is 18.3. The van der Waals surface area contributed by atoms with Gasteiger partial charge >= 0.3 is 0 Å². The van der Waals surface area contributed by atoms with Crippen molar-refractivity contribution in [3.63, 3.8) is 0 Å². The Bertz CT molecular complexity index is 2160. The molecule has 3 aromatic carbocycles. The average Bonchev–Trinajstić information content (AvgIpc) is 3.62. The van der Waals surface area contributed by atoms with Crippen LogP contribution >= 0.6 is 0 Å². The van der Waals surface area contributed by atoms with Crippen molar-refractivity contribution in [2.24, 2.45) is 15.6 Å². The molecule has 52 heavy (non-hydrogen) atoms. The second-order valence-corrected chi connectivity index (χ2v) is 14.4. The second kappa shape index (κ2) is 16.1. The number of nitrogens with one attached hydrogen (secondary N) is 1. The minimum absolute atomic E-state index is 0.0668. The predicted molar refractivity (Wildman–Crippen MR) is 195 cm³/mol. The van der Waals surface area contributed by atoms with Gasteiger partial charge in [0.25, 0.3) is 16.0 Å². The molecule has 12 nitrogen and oxygen atoms in total. The molecule has 0 radical (unpaired) electrons. The molecule has 2 N–H and O–H groups in total. The molecule has 0 unspecified atom stereocenters. The van der Waals surface area contributed by atoms with Crippen LogP contribution in [-0.2, 0) is 16.7 Å². The number of nitrogens with zero attached hydrogens (tertiary/aromatic N) is 4. The number of hydrogen-bond donors (Lipinski definition) is 2. The van der Waals surface area contributed by atoms with Crippen molar-refractivity contribution in [3.05, 3.63) is 114 Å². The number of azo groups is 1. The van der Waals surface area contributed by atoms with Crippen molar-refractivity contribution < 1.29 is 32.0 Å². The molecule has 0 atom stereocenters. The summed E-state index contributed by atoms with van der Waals surface area (Å²) in [5.41, 5.74) is 4.28. The van der Waals surface area contributed by atoms with Crippen molar-refractivity contribution in [1.82, 2.24) is 15.3 Å². The van der Waals surface area contributed by atoms with E-state index in [0.29, 0.717) is 35.9 Å². The summed E-state index contributed by atoms with van der Waals surface area (Å²) in [6.07, 6.45) is 4.00. The fourth-order valence-corrected chi connectivity index (χ4v) is 6.34. The molecular weight excluding hydrogens is 683 g/mol. The van der Waals surface area contributed by atoms with Gasteiger partial charge in [0.05, 0.1) is 29.3 Å². The van der Waals surface area contributed by atoms with Crippen LogP contribution in [0.5, 0.6) is 17.4 Å². The lowest BCUT2D eigenvalue weighted by Crippen LogP contribution is -2.34. The Kier molecular flexibility index (Phi) is 11.2. The van der Waals surface area contributed by atoms with Gasteiger partial charge in [-0.05, 0) is 77.8 Å². The van der Waals surface area contributed by atoms with Gasteiger partial charge in [-0.1, -0.05) is 68.4 Å². The minimum Gasteiger partial charge on any atom is -0.478 e. The number of ether oxygens (including phenoxy) is 3. The number of unbranched alkanes of at least 4 members (excludes halogenated alkanes) is 1. The molecule has 0 saturated carbocycles. The second-order valence-electron chi connectivity index (χ2n) is 13.1. The number of benzene rings is 3. The van der Waals surface area contributed by atoms with Gasteiger partial charge in [-0.15, -0.1) is 5.11 Å². The summed E-state index contributed by atoms with van der Waals surface area (Å²) in [5, 5.41) is 11.0. The highest BCUT2D eigenvalue weighted by molar-refractivity contribution is 7.85. The minimum atomic E-state index is -4.37. The number of rotatable bonds is 15. The Labute approximate surface area is 302 Å². The van der Waals surface area contributed by atoms with E-state index in [1.807, 2.05) is 60.7 Å². The van der Waals surface area contributed by atoms with Crippen molar-refractivity contribution in [1.29, 1.82) is 0 Å². The molecule has 1 aliphatic rings. The summed E-state index contributed by atoms with van der Waals surface area (Å²) in [7, 11) is -4.37. The molecule has 1 amide bonds. The third kappa shape index (κ3) is 9.56. The summed E-state index contributed by atoms with van der Waals surface area (Å²) in [5.74, 6) is 2.00. The normalized spacial score (nSPS) is 12.6. The number of aromatic nitrogens is 2. The molecule has 5 aromatic rings. The summed E-state index contributed by atoms with van der Waals surface area (Å²) < 4.78 is 49.8. The van der Waals surface area contributed by atoms with Crippen LogP contribution in [0.15, 0.2) is 118 Å². The predicted octanol–water partition coefficient (Wildman–Crippen LogP) is 8.08. The van der Waals surface area contributed by atoms with Gasteiger partial charge in [-0.3, -0.25) is 9.35 Å². The van der Waals surface area contributed by atoms with E-state index < -0.39 is 10.1 Å². The van der Waals surface area contributed by atoms with Crippen LogP contribution in [0.25, 0.3) is 22.4 Å². The summed E-state index contributed by atoms with van der Waals surface area (Å²) in [4.78, 5) is 21.6. The number of pyridine rings is 2. The molecule has 0 bridgehead atoms. The highest BCUT2D eigenvalue weighted by Crippen LogP contribution is 2.37. The lowest BCUT2D eigenvalue weighted by atomic mass is 9.87. The maximum absolute atomic E-state index is 12.9. The average molecular weight is 722 g/mol. The van der Waals surface area contributed by atoms with Gasteiger partial charge in [0.15, 0.2) is 17.3 Å². The van der Waals surface area contributed by atoms with Crippen molar-refractivity contribution in [2.45, 2.75) is 44.6 Å². The molecule has 0 fully saturated rings. The van der Waals surface area contributed by atoms with Crippen LogP contribution in [0.3, 0.4) is 0 Å². The van der Waals surface area contributed by atoms with E-state index in [9.17, 15) is 17.8 Å². The first kappa shape index (κ1) is 36.1. The van der Waals surface area contributed by atoms with Crippen molar-refractivity contribution >= 4 is 21.8 Å². The topological polar surface area (TPSA) is 162 Å². The van der Waals surface area contributed by atoms with Crippen LogP contribution in [-0.4, -0.2) is 48.8 Å². The lowest BCUT2D eigenvalue weighted by molar-refractivity contribution is 0.0933. The SMILES string of the molecule is CC(C)(CCCCOc1cc(-c2ccc3c(c2)OCO3)cc(-c2ccccc2)n1)CNC(=O)c1ccc(N=NCc2ccccc2S(=O)(=O)O)nc1. The van der Waals surface area contributed by atoms with Gasteiger partial charge in [-0.2, -0.15) is 13.5 Å². The molecule has 6 rings (SSSR count). The van der Waals surface area contributed by atoms with Gasteiger partial charge in [0.1, 0.15) is 0 Å². The zero-order chi connectivity index (χ0) is 36.6. The summed E-state index contributed by atoms with van der Waals surface area (Å²) in [6, 6.07) is 29.0. The molecule has 0 spiro atoms.